The Morgan fingerprint density at radius 2 is 2.22 bits per heavy atom. The van der Waals surface area contributed by atoms with Gasteiger partial charge in [-0.1, -0.05) is 41.1 Å². The van der Waals surface area contributed by atoms with Crippen LogP contribution in [0.4, 0.5) is 0 Å². The molecule has 18 heavy (non-hydrogen) atoms. The van der Waals surface area contributed by atoms with Gasteiger partial charge in [-0.2, -0.15) is 0 Å². The second-order valence-corrected chi connectivity index (χ2v) is 5.92. The topological polar surface area (TPSA) is 23.5 Å². The van der Waals surface area contributed by atoms with E-state index in [2.05, 4.69) is 27.8 Å². The summed E-state index contributed by atoms with van der Waals surface area (Å²) in [4.78, 5) is 2.53. The molecule has 0 saturated carbocycles. The molecule has 1 fully saturated rings. The average molecular weight is 312 g/mol. The Hall–Kier alpha value is -0.380. The van der Waals surface area contributed by atoms with Crippen molar-refractivity contribution in [1.82, 2.24) is 4.90 Å². The van der Waals surface area contributed by atoms with E-state index in [1.54, 1.807) is 0 Å². The molecular weight excluding hydrogens is 290 g/mol. The molecule has 2 nitrogen and oxygen atoms in total. The van der Waals surface area contributed by atoms with Crippen LogP contribution in [0.1, 0.15) is 44.3 Å². The molecule has 0 radical (unpaired) electrons. The Labute approximate surface area is 118 Å². The third kappa shape index (κ3) is 3.34. The summed E-state index contributed by atoms with van der Waals surface area (Å²) in [5.74, 6) is 0. The van der Waals surface area contributed by atoms with Gasteiger partial charge >= 0.3 is 0 Å². The Balaban J connectivity index is 1.88. The molecule has 1 heterocycles. The molecule has 0 aromatic heterocycles. The monoisotopic (exact) mass is 311 g/mol. The molecule has 0 spiro atoms. The number of aliphatic hydroxyl groups excluding tert-OH is 1. The van der Waals surface area contributed by atoms with E-state index in [0.717, 1.165) is 29.0 Å². The summed E-state index contributed by atoms with van der Waals surface area (Å²) in [6.07, 6.45) is 4.31. The van der Waals surface area contributed by atoms with E-state index in [9.17, 15) is 5.11 Å². The molecule has 3 heteroatoms. The first-order valence-corrected chi connectivity index (χ1v) is 7.68. The first-order chi connectivity index (χ1) is 8.72. The third-order valence-corrected chi connectivity index (χ3v) is 4.65. The number of nitrogens with zero attached hydrogens (tertiary/aromatic N) is 1. The van der Waals surface area contributed by atoms with Crippen molar-refractivity contribution in [1.29, 1.82) is 0 Å². The van der Waals surface area contributed by atoms with Crippen molar-refractivity contribution in [3.63, 3.8) is 0 Å². The zero-order chi connectivity index (χ0) is 13.0. The number of rotatable bonds is 5. The van der Waals surface area contributed by atoms with Crippen LogP contribution in [0.25, 0.3) is 0 Å². The van der Waals surface area contributed by atoms with Gasteiger partial charge in [0.2, 0.25) is 0 Å². The molecule has 2 unspecified atom stereocenters. The van der Waals surface area contributed by atoms with Gasteiger partial charge in [0, 0.05) is 17.1 Å². The lowest BCUT2D eigenvalue weighted by Gasteiger charge is -2.24. The molecule has 1 aliphatic heterocycles. The van der Waals surface area contributed by atoms with E-state index in [1.165, 1.54) is 25.8 Å². The highest BCUT2D eigenvalue weighted by atomic mass is 79.9. The first kappa shape index (κ1) is 14.0. The predicted molar refractivity (Wildman–Crippen MR) is 78.6 cm³/mol. The molecule has 100 valence electrons. The Morgan fingerprint density at radius 1 is 1.44 bits per heavy atom. The van der Waals surface area contributed by atoms with Crippen LogP contribution in [-0.4, -0.2) is 29.1 Å². The molecule has 1 aromatic rings. The number of hydrogen-bond acceptors (Lipinski definition) is 2. The molecule has 0 aliphatic carbocycles. The van der Waals surface area contributed by atoms with Crippen molar-refractivity contribution in [2.24, 2.45) is 0 Å². The van der Waals surface area contributed by atoms with Crippen molar-refractivity contribution < 1.29 is 5.11 Å². The second kappa shape index (κ2) is 6.69. The van der Waals surface area contributed by atoms with Gasteiger partial charge in [0.15, 0.2) is 0 Å². The summed E-state index contributed by atoms with van der Waals surface area (Å²) in [7, 11) is 0. The number of benzene rings is 1. The molecule has 1 aromatic carbocycles. The smallest absolute Gasteiger partial charge is 0.0813 e. The average Bonchev–Trinajstić information content (AvgIpc) is 2.84. The molecule has 1 N–H and O–H groups in total. The van der Waals surface area contributed by atoms with Crippen LogP contribution in [0.5, 0.6) is 0 Å². The van der Waals surface area contributed by atoms with Crippen molar-refractivity contribution in [2.75, 3.05) is 13.1 Å². The summed E-state index contributed by atoms with van der Waals surface area (Å²) >= 11 is 3.50. The van der Waals surface area contributed by atoms with Gasteiger partial charge in [-0.3, -0.25) is 0 Å². The zero-order valence-electron chi connectivity index (χ0n) is 11.0. The minimum atomic E-state index is -0.362. The van der Waals surface area contributed by atoms with Crippen molar-refractivity contribution in [3.8, 4) is 0 Å². The quantitative estimate of drug-likeness (QED) is 0.895. The minimum Gasteiger partial charge on any atom is -0.388 e. The summed E-state index contributed by atoms with van der Waals surface area (Å²) in [5, 5.41) is 10.3. The normalized spacial score (nSPS) is 22.3. The van der Waals surface area contributed by atoms with Gasteiger partial charge in [-0.25, -0.2) is 0 Å². The van der Waals surface area contributed by atoms with Gasteiger partial charge in [0.05, 0.1) is 6.10 Å². The van der Waals surface area contributed by atoms with Gasteiger partial charge < -0.3 is 10.0 Å². The first-order valence-electron chi connectivity index (χ1n) is 6.89. The largest absolute Gasteiger partial charge is 0.388 e. The lowest BCUT2D eigenvalue weighted by Crippen LogP contribution is -2.30. The molecule has 2 rings (SSSR count). The number of likely N-dealkylation sites (tertiary alicyclic amines) is 1. The Morgan fingerprint density at radius 3 is 2.94 bits per heavy atom. The number of halogens is 1. The Bertz CT molecular complexity index is 383. The fraction of sp³-hybridized carbons (Fsp3) is 0.600. The fourth-order valence-electron chi connectivity index (χ4n) is 2.84. The van der Waals surface area contributed by atoms with Crippen molar-refractivity contribution >= 4 is 15.9 Å². The Kier molecular flexibility index (Phi) is 5.22. The zero-order valence-corrected chi connectivity index (χ0v) is 12.6. The minimum absolute atomic E-state index is 0.362. The van der Waals surface area contributed by atoms with Crippen LogP contribution >= 0.6 is 15.9 Å². The summed E-state index contributed by atoms with van der Waals surface area (Å²) in [6.45, 7) is 4.45. The van der Waals surface area contributed by atoms with E-state index in [1.807, 2.05) is 24.3 Å². The van der Waals surface area contributed by atoms with Crippen LogP contribution in [0, 0.1) is 0 Å². The van der Waals surface area contributed by atoms with E-state index >= 15 is 0 Å². The van der Waals surface area contributed by atoms with E-state index in [-0.39, 0.29) is 6.10 Å². The van der Waals surface area contributed by atoms with Crippen LogP contribution < -0.4 is 0 Å². The van der Waals surface area contributed by atoms with Crippen LogP contribution in [0.2, 0.25) is 0 Å². The molecule has 2 atom stereocenters. The molecular formula is C15H22BrNO. The van der Waals surface area contributed by atoms with E-state index in [4.69, 9.17) is 0 Å². The molecule has 0 amide bonds. The highest BCUT2D eigenvalue weighted by molar-refractivity contribution is 9.10. The van der Waals surface area contributed by atoms with Gasteiger partial charge in [0.1, 0.15) is 0 Å². The van der Waals surface area contributed by atoms with Crippen molar-refractivity contribution in [2.45, 2.75) is 44.8 Å². The van der Waals surface area contributed by atoms with Crippen LogP contribution in [0.15, 0.2) is 28.7 Å². The standard InChI is InChI=1S/C15H22BrNO/c1-2-12-6-5-10-17(12)11-9-15(18)13-7-3-4-8-14(13)16/h3-4,7-8,12,15,18H,2,5-6,9-11H2,1H3. The maximum absolute atomic E-state index is 10.3. The second-order valence-electron chi connectivity index (χ2n) is 5.07. The van der Waals surface area contributed by atoms with Crippen LogP contribution in [0.3, 0.4) is 0 Å². The lowest BCUT2D eigenvalue weighted by atomic mass is 10.1. The van der Waals surface area contributed by atoms with Crippen LogP contribution in [-0.2, 0) is 0 Å². The highest BCUT2D eigenvalue weighted by Crippen LogP contribution is 2.27. The van der Waals surface area contributed by atoms with Gasteiger partial charge in [0.25, 0.3) is 0 Å². The van der Waals surface area contributed by atoms with Gasteiger partial charge in [-0.05, 0) is 43.9 Å². The third-order valence-electron chi connectivity index (χ3n) is 3.92. The lowest BCUT2D eigenvalue weighted by molar-refractivity contribution is 0.136. The summed E-state index contributed by atoms with van der Waals surface area (Å²) in [6, 6.07) is 8.68. The molecule has 1 saturated heterocycles. The fourth-order valence-corrected chi connectivity index (χ4v) is 3.39. The predicted octanol–water partition coefficient (Wildman–Crippen LogP) is 3.75. The van der Waals surface area contributed by atoms with Gasteiger partial charge in [-0.15, -0.1) is 0 Å². The summed E-state index contributed by atoms with van der Waals surface area (Å²) < 4.78 is 1.01. The SMILES string of the molecule is CCC1CCCN1CCC(O)c1ccccc1Br. The molecule has 0 bridgehead atoms. The van der Waals surface area contributed by atoms with Crippen molar-refractivity contribution in [3.05, 3.63) is 34.3 Å². The van der Waals surface area contributed by atoms with E-state index in [0.29, 0.717) is 0 Å². The maximum atomic E-state index is 10.3. The molecule has 1 aliphatic rings. The van der Waals surface area contributed by atoms with E-state index < -0.39 is 0 Å². The maximum Gasteiger partial charge on any atom is 0.0813 e. The summed E-state index contributed by atoms with van der Waals surface area (Å²) in [5.41, 5.74) is 1.00. The number of aliphatic hydroxyl groups is 1. The number of hydrogen-bond donors (Lipinski definition) is 1. The highest BCUT2D eigenvalue weighted by Gasteiger charge is 2.23.